The number of nitrogens with zero attached hydrogens (tertiary/aromatic N) is 2. The van der Waals surface area contributed by atoms with Gasteiger partial charge in [0.05, 0.1) is 17.5 Å². The van der Waals surface area contributed by atoms with Crippen molar-refractivity contribution in [3.05, 3.63) is 53.7 Å². The standard InChI is InChI=1S/C19H22N2O4S/c1-26(24,25)21-10-2-3-15(13-21)11-14-8-9-20-18(12-14)16-4-6-17(7-5-16)19(22)23/h4-9,12,15H,2-3,10-11,13H2,1H3,(H,22,23)/t15-/m0/s1. The second kappa shape index (κ2) is 7.55. The summed E-state index contributed by atoms with van der Waals surface area (Å²) in [5.74, 6) is -0.658. The molecule has 0 spiro atoms. The van der Waals surface area contributed by atoms with Crippen molar-refractivity contribution in [1.29, 1.82) is 0 Å². The fourth-order valence-electron chi connectivity index (χ4n) is 3.37. The van der Waals surface area contributed by atoms with Gasteiger partial charge < -0.3 is 5.11 Å². The lowest BCUT2D eigenvalue weighted by Gasteiger charge is -2.31. The smallest absolute Gasteiger partial charge is 0.335 e. The van der Waals surface area contributed by atoms with Gasteiger partial charge in [-0.1, -0.05) is 12.1 Å². The van der Waals surface area contributed by atoms with Crippen molar-refractivity contribution in [3.63, 3.8) is 0 Å². The summed E-state index contributed by atoms with van der Waals surface area (Å²) in [4.78, 5) is 15.3. The minimum Gasteiger partial charge on any atom is -0.478 e. The topological polar surface area (TPSA) is 87.6 Å². The van der Waals surface area contributed by atoms with E-state index < -0.39 is 16.0 Å². The summed E-state index contributed by atoms with van der Waals surface area (Å²) < 4.78 is 25.1. The van der Waals surface area contributed by atoms with Crippen LogP contribution in [0.1, 0.15) is 28.8 Å². The van der Waals surface area contributed by atoms with Gasteiger partial charge in [0.1, 0.15) is 0 Å². The molecule has 0 unspecified atom stereocenters. The number of carboxylic acids is 1. The molecule has 2 aromatic rings. The van der Waals surface area contributed by atoms with Crippen molar-refractivity contribution in [2.75, 3.05) is 19.3 Å². The molecule has 3 rings (SSSR count). The summed E-state index contributed by atoms with van der Waals surface area (Å²) in [5.41, 5.74) is 3.00. The number of benzene rings is 1. The summed E-state index contributed by atoms with van der Waals surface area (Å²) in [5, 5.41) is 8.99. The number of sulfonamides is 1. The zero-order valence-corrected chi connectivity index (χ0v) is 15.4. The third-order valence-corrected chi connectivity index (χ3v) is 6.00. The van der Waals surface area contributed by atoms with Crippen molar-refractivity contribution in [3.8, 4) is 11.3 Å². The van der Waals surface area contributed by atoms with Gasteiger partial charge in [0, 0.05) is 24.8 Å². The first kappa shape index (κ1) is 18.5. The highest BCUT2D eigenvalue weighted by Crippen LogP contribution is 2.24. The SMILES string of the molecule is CS(=O)(=O)N1CCC[C@@H](Cc2ccnc(-c3ccc(C(=O)O)cc3)c2)C1. The molecule has 26 heavy (non-hydrogen) atoms. The van der Waals surface area contributed by atoms with Crippen molar-refractivity contribution >= 4 is 16.0 Å². The summed E-state index contributed by atoms with van der Waals surface area (Å²) in [6.07, 6.45) is 5.70. The molecule has 0 bridgehead atoms. The zero-order chi connectivity index (χ0) is 18.7. The predicted molar refractivity (Wildman–Crippen MR) is 99.5 cm³/mol. The maximum atomic E-state index is 11.8. The molecule has 1 aliphatic rings. The molecule has 1 aromatic carbocycles. The van der Waals surface area contributed by atoms with Gasteiger partial charge in [-0.3, -0.25) is 4.98 Å². The molecule has 1 atom stereocenters. The number of rotatable bonds is 5. The number of pyridine rings is 1. The van der Waals surface area contributed by atoms with Gasteiger partial charge in [-0.25, -0.2) is 17.5 Å². The average Bonchev–Trinajstić information content (AvgIpc) is 2.61. The predicted octanol–water partition coefficient (Wildman–Crippen LogP) is 2.66. The van der Waals surface area contributed by atoms with Gasteiger partial charge in [0.25, 0.3) is 0 Å². The molecule has 1 fully saturated rings. The van der Waals surface area contributed by atoms with Gasteiger partial charge >= 0.3 is 5.97 Å². The quantitative estimate of drug-likeness (QED) is 0.869. The Labute approximate surface area is 153 Å². The highest BCUT2D eigenvalue weighted by atomic mass is 32.2. The van der Waals surface area contributed by atoms with Gasteiger partial charge in [0.2, 0.25) is 10.0 Å². The monoisotopic (exact) mass is 374 g/mol. The molecule has 6 nitrogen and oxygen atoms in total. The maximum Gasteiger partial charge on any atom is 0.335 e. The number of piperidine rings is 1. The lowest BCUT2D eigenvalue weighted by molar-refractivity contribution is 0.0697. The molecule has 0 amide bonds. The van der Waals surface area contributed by atoms with Crippen LogP contribution in [0.5, 0.6) is 0 Å². The van der Waals surface area contributed by atoms with Crippen LogP contribution in [0.15, 0.2) is 42.6 Å². The van der Waals surface area contributed by atoms with Gasteiger partial charge in [0.15, 0.2) is 0 Å². The Bertz CT molecular complexity index is 894. The summed E-state index contributed by atoms with van der Waals surface area (Å²) in [6.45, 7) is 1.16. The van der Waals surface area contributed by atoms with E-state index in [1.54, 1.807) is 34.8 Å². The maximum absolute atomic E-state index is 11.8. The number of aromatic carboxylic acids is 1. The Hall–Kier alpha value is -2.25. The molecule has 0 aliphatic carbocycles. The second-order valence-corrected chi connectivity index (χ2v) is 8.75. The van der Waals surface area contributed by atoms with Crippen LogP contribution in [0.25, 0.3) is 11.3 Å². The summed E-state index contributed by atoms with van der Waals surface area (Å²) in [7, 11) is -3.14. The molecular weight excluding hydrogens is 352 g/mol. The number of hydrogen-bond donors (Lipinski definition) is 1. The van der Waals surface area contributed by atoms with E-state index >= 15 is 0 Å². The van der Waals surface area contributed by atoms with Crippen LogP contribution in [-0.4, -0.2) is 48.1 Å². The Balaban J connectivity index is 1.74. The number of carbonyl (C=O) groups is 1. The van der Waals surface area contributed by atoms with E-state index in [1.807, 2.05) is 12.1 Å². The fourth-order valence-corrected chi connectivity index (χ4v) is 4.31. The average molecular weight is 374 g/mol. The molecule has 1 N–H and O–H groups in total. The first-order valence-electron chi connectivity index (χ1n) is 8.57. The fraction of sp³-hybridized carbons (Fsp3) is 0.368. The largest absolute Gasteiger partial charge is 0.478 e. The van der Waals surface area contributed by atoms with E-state index in [9.17, 15) is 13.2 Å². The van der Waals surface area contributed by atoms with Crippen molar-refractivity contribution in [1.82, 2.24) is 9.29 Å². The van der Waals surface area contributed by atoms with Crippen molar-refractivity contribution < 1.29 is 18.3 Å². The van der Waals surface area contributed by atoms with Gasteiger partial charge in [-0.2, -0.15) is 0 Å². The van der Waals surface area contributed by atoms with E-state index in [1.165, 1.54) is 6.26 Å². The van der Waals surface area contributed by atoms with Crippen molar-refractivity contribution in [2.24, 2.45) is 5.92 Å². The Morgan fingerprint density at radius 1 is 1.27 bits per heavy atom. The van der Waals surface area contributed by atoms with E-state index in [4.69, 9.17) is 5.11 Å². The molecule has 1 aliphatic heterocycles. The zero-order valence-electron chi connectivity index (χ0n) is 14.6. The highest BCUT2D eigenvalue weighted by molar-refractivity contribution is 7.88. The minimum absolute atomic E-state index is 0.243. The van der Waals surface area contributed by atoms with E-state index in [0.29, 0.717) is 19.0 Å². The Morgan fingerprint density at radius 2 is 2.00 bits per heavy atom. The van der Waals surface area contributed by atoms with Crippen LogP contribution < -0.4 is 0 Å². The lowest BCUT2D eigenvalue weighted by atomic mass is 9.92. The third-order valence-electron chi connectivity index (χ3n) is 4.73. The lowest BCUT2D eigenvalue weighted by Crippen LogP contribution is -2.39. The molecule has 138 valence electrons. The molecule has 7 heteroatoms. The van der Waals surface area contributed by atoms with Crippen LogP contribution in [0.3, 0.4) is 0 Å². The summed E-state index contributed by atoms with van der Waals surface area (Å²) in [6, 6.07) is 10.6. The first-order chi connectivity index (χ1) is 12.3. The molecule has 2 heterocycles. The van der Waals surface area contributed by atoms with E-state index in [-0.39, 0.29) is 5.56 Å². The van der Waals surface area contributed by atoms with Crippen LogP contribution in [0.4, 0.5) is 0 Å². The molecule has 1 aromatic heterocycles. The molecule has 0 radical (unpaired) electrons. The second-order valence-electron chi connectivity index (χ2n) is 6.77. The summed E-state index contributed by atoms with van der Waals surface area (Å²) >= 11 is 0. The van der Waals surface area contributed by atoms with Crippen molar-refractivity contribution in [2.45, 2.75) is 19.3 Å². The molecule has 1 saturated heterocycles. The van der Waals surface area contributed by atoms with E-state index in [2.05, 4.69) is 4.98 Å². The number of hydrogen-bond acceptors (Lipinski definition) is 4. The Kier molecular flexibility index (Phi) is 5.38. The Morgan fingerprint density at radius 3 is 2.65 bits per heavy atom. The van der Waals surface area contributed by atoms with Crippen LogP contribution in [0.2, 0.25) is 0 Å². The van der Waals surface area contributed by atoms with Crippen LogP contribution in [-0.2, 0) is 16.4 Å². The molecule has 0 saturated carbocycles. The third kappa shape index (κ3) is 4.47. The number of carboxylic acid groups (broad SMARTS) is 1. The molecular formula is C19H22N2O4S. The van der Waals surface area contributed by atoms with Gasteiger partial charge in [-0.15, -0.1) is 0 Å². The minimum atomic E-state index is -3.14. The number of aromatic nitrogens is 1. The van der Waals surface area contributed by atoms with Crippen LogP contribution in [0, 0.1) is 5.92 Å². The van der Waals surface area contributed by atoms with E-state index in [0.717, 1.165) is 36.1 Å². The first-order valence-corrected chi connectivity index (χ1v) is 10.4. The van der Waals surface area contributed by atoms with Crippen LogP contribution >= 0.6 is 0 Å². The highest BCUT2D eigenvalue weighted by Gasteiger charge is 2.25. The normalized spacial score (nSPS) is 18.6. The van der Waals surface area contributed by atoms with Gasteiger partial charge in [-0.05, 0) is 55.0 Å².